The van der Waals surface area contributed by atoms with Crippen molar-refractivity contribution in [2.75, 3.05) is 5.73 Å². The number of carbonyl (C=O) groups is 4. The number of halogens is 9. The molecule has 148 heavy (non-hydrogen) atoms. The van der Waals surface area contributed by atoms with Crippen LogP contribution >= 0.6 is 125 Å². The Morgan fingerprint density at radius 2 is 0.473 bits per heavy atom. The maximum absolute atomic E-state index is 13.5. The van der Waals surface area contributed by atoms with Gasteiger partial charge in [-0.1, -0.05) is 376 Å². The molecule has 0 aliphatic heterocycles. The molecular weight excluding hydrogens is 2620 g/mol. The maximum atomic E-state index is 13.5. The van der Waals surface area contributed by atoms with Gasteiger partial charge in [-0.3, -0.25) is 9.59 Å². The summed E-state index contributed by atoms with van der Waals surface area (Å²) in [7, 11) is -1.78. The van der Waals surface area contributed by atoms with E-state index in [1.165, 1.54) is 142 Å². The summed E-state index contributed by atoms with van der Waals surface area (Å²) in [6.45, 7) is 0. The van der Waals surface area contributed by atoms with Crippen LogP contribution in [0.25, 0.3) is 0 Å². The molecule has 0 aliphatic carbocycles. The SMILES string of the molecule is Nc1c(F)cccc1F.O=C(Cc1c(F)cccc1F)c1ccc(Br)s1.O=C(O)c1ccc(Br)s1.O=Cc1ccc(Br)s1.[CH3][Sn]([CH3])([CH3])[c]1ccc(C(=O)Cc2c(F)cccc2F)s1.[CH3][Sn]([CH3])[CH3].[CH3][Sn]([CH3])[CH3].[Pd].c1ccc(P(c2ccccc2)c2ccccc2)cc1.c1ccc(P(c2ccccc2)c2ccccc2)cc1.c1ccc(P(c2ccccc2)c2ccccc2)cc1.c1ccc(P(c2ccccc2)c2ccccc2)cc1. The van der Waals surface area contributed by atoms with Gasteiger partial charge in [0, 0.05) is 32.4 Å². The summed E-state index contributed by atoms with van der Waals surface area (Å²) in [4.78, 5) is 67.3. The van der Waals surface area contributed by atoms with Crippen molar-refractivity contribution >= 4 is 279 Å². The Bertz CT molecular complexity index is 6150. The number of carboxylic acids is 1. The fraction of sp³-hybridized carbons (Fsp3) is 0.0909. The number of ketones is 2. The van der Waals surface area contributed by atoms with Gasteiger partial charge >= 0.3 is 201 Å². The van der Waals surface area contributed by atoms with Crippen molar-refractivity contribution in [3.63, 3.8) is 0 Å². The van der Waals surface area contributed by atoms with Gasteiger partial charge in [0.2, 0.25) is 0 Å². The molecule has 0 amide bonds. The van der Waals surface area contributed by atoms with Crippen molar-refractivity contribution in [3.05, 3.63) is 544 Å². The first-order valence-electron chi connectivity index (χ1n) is 46.4. The Morgan fingerprint density at radius 1 is 0.284 bits per heavy atom. The Hall–Kier alpha value is -8.82. The van der Waals surface area contributed by atoms with Crippen molar-refractivity contribution in [1.82, 2.24) is 0 Å². The van der Waals surface area contributed by atoms with Gasteiger partial charge in [-0.05, 0) is 204 Å². The molecule has 0 aliphatic rings. The van der Waals surface area contributed by atoms with E-state index < -0.39 is 136 Å². The first-order chi connectivity index (χ1) is 70.9. The quantitative estimate of drug-likeness (QED) is 0.0185. The zero-order valence-electron chi connectivity index (χ0n) is 82.7. The molecule has 4 heterocycles. The molecule has 19 rings (SSSR count). The molecule has 0 spiro atoms. The van der Waals surface area contributed by atoms with Gasteiger partial charge in [-0.25, -0.2) is 22.4 Å². The average molecular weight is 2730 g/mol. The Kier molecular flexibility index (Phi) is 57.4. The third-order valence-corrected chi connectivity index (χ3v) is 45.1. The summed E-state index contributed by atoms with van der Waals surface area (Å²) in [5.41, 5.74) is 4.19. The van der Waals surface area contributed by atoms with Crippen molar-refractivity contribution in [3.8, 4) is 0 Å². The number of para-hydroxylation sites is 1. The van der Waals surface area contributed by atoms with Crippen molar-refractivity contribution in [1.29, 1.82) is 0 Å². The summed E-state index contributed by atoms with van der Waals surface area (Å²) in [6, 6.07) is 154. The van der Waals surface area contributed by atoms with Gasteiger partial charge in [0.05, 0.1) is 21.1 Å². The molecule has 6 nitrogen and oxygen atoms in total. The molecule has 4 aromatic heterocycles. The molecule has 2 radical (unpaired) electrons. The topological polar surface area (TPSA) is 115 Å². The van der Waals surface area contributed by atoms with E-state index in [4.69, 9.17) is 10.8 Å². The molecule has 0 atom stereocenters. The summed E-state index contributed by atoms with van der Waals surface area (Å²) in [5.74, 6) is -5.50. The van der Waals surface area contributed by atoms with E-state index in [9.17, 15) is 45.5 Å². The Morgan fingerprint density at radius 3 is 0.628 bits per heavy atom. The number of thiophene rings is 4. The minimum Gasteiger partial charge on any atom is -0.0622 e. The smallest absolute Gasteiger partial charge is 0 e. The number of benzene rings is 15. The van der Waals surface area contributed by atoms with E-state index >= 15 is 0 Å². The van der Waals surface area contributed by atoms with Crippen LogP contribution in [-0.4, -0.2) is 86.8 Å². The van der Waals surface area contributed by atoms with E-state index in [0.717, 1.165) is 46.8 Å². The van der Waals surface area contributed by atoms with Crippen LogP contribution < -0.4 is 72.3 Å². The third kappa shape index (κ3) is 43.7. The molecule has 760 valence electrons. The molecule has 0 bridgehead atoms. The van der Waals surface area contributed by atoms with Crippen molar-refractivity contribution in [2.24, 2.45) is 0 Å². The summed E-state index contributed by atoms with van der Waals surface area (Å²) in [5, 5.41) is 25.2. The van der Waals surface area contributed by atoms with Crippen LogP contribution in [0.15, 0.2) is 478 Å². The minimum atomic E-state index is -2.18. The standard InChI is InChI=1S/4C18H15P.C12H7BrF2OS.C12H7F2OS.C6H5F2N.C5H3BrO2S.C5H3BrOS.9CH3.Pd.3Sn/c4*1-4-10-16(11-5-1)19(17-12-6-2-7-13-17)18-14-8-3-9-15-18;13-12-5-4-11(17-12)10(16)6-7-8(14)2-1-3-9(7)15;13-9-3-1-4-10(14)8(9)7-11(15)12-5-2-6-16-12;7-4-2-1-3-5(8)6(4)9;6-4-2-1-3(9-4)5(7)8;6-5-2-1-4(3-7)8-5;;;;;;;;;;;;;/h4*1-15H;1-5H,6H2;1-5H,7H2;1-3H,9H2;1-2H,(H,7,8);1-3H;9*1H3;;;;. The normalized spacial score (nSPS) is 10.4. The molecule has 3 N–H and O–H groups in total. The van der Waals surface area contributed by atoms with Crippen molar-refractivity contribution < 1.29 is 71.0 Å². The largest absolute Gasteiger partial charge is 0.0622 e. The monoisotopic (exact) mass is 2730 g/mol. The number of hydrogen-bond donors (Lipinski definition) is 2. The van der Waals surface area contributed by atoms with Gasteiger partial charge in [0.1, 0.15) is 33.8 Å². The second-order valence-corrected chi connectivity index (χ2v) is 83.7. The van der Waals surface area contributed by atoms with Crippen LogP contribution in [0, 0.1) is 34.9 Å². The van der Waals surface area contributed by atoms with Crippen molar-refractivity contribution in [2.45, 2.75) is 57.3 Å². The van der Waals surface area contributed by atoms with Crippen LogP contribution in [0.1, 0.15) is 49.8 Å². The molecule has 0 saturated carbocycles. The fourth-order valence-corrected chi connectivity index (χ4v) is 32.5. The number of aldehydes is 1. The van der Waals surface area contributed by atoms with E-state index in [1.807, 2.05) is 12.1 Å². The maximum Gasteiger partial charge on any atom is 0 e. The number of anilines is 1. The number of nitrogen functional groups attached to an aromatic ring is 1. The minimum absolute atomic E-state index is 0. The fourth-order valence-electron chi connectivity index (χ4n) is 13.3. The van der Waals surface area contributed by atoms with Crippen LogP contribution in [0.2, 0.25) is 44.5 Å². The van der Waals surface area contributed by atoms with Gasteiger partial charge < -0.3 is 10.8 Å². The van der Waals surface area contributed by atoms with E-state index in [0.29, 0.717) is 14.6 Å². The molecule has 27 heteroatoms. The van der Waals surface area contributed by atoms with E-state index in [-0.39, 0.29) is 56.0 Å². The number of aromatic carboxylic acids is 1. The summed E-state index contributed by atoms with van der Waals surface area (Å²) >= 11 is 11.7. The van der Waals surface area contributed by atoms with Crippen LogP contribution in [0.4, 0.5) is 32.0 Å². The first kappa shape index (κ1) is 124. The van der Waals surface area contributed by atoms with Gasteiger partial charge in [0.15, 0.2) is 12.1 Å². The second-order valence-electron chi connectivity index (χ2n) is 33.8. The Labute approximate surface area is 945 Å². The predicted octanol–water partition coefficient (Wildman–Crippen LogP) is 30.8. The zero-order valence-corrected chi connectivity index (χ0v) is 104. The molecule has 0 fully saturated rings. The number of carboxylic acid groups (broad SMARTS) is 1. The zero-order chi connectivity index (χ0) is 106. The second kappa shape index (κ2) is 68.3. The van der Waals surface area contributed by atoms with Gasteiger partial charge in [-0.2, -0.15) is 0 Å². The number of Topliss-reactive ketones (excluding diaryl/α,β-unsaturated/α-hetero) is 2. The summed E-state index contributed by atoms with van der Waals surface area (Å²) in [6.07, 6.45) is 0.360. The van der Waals surface area contributed by atoms with Crippen LogP contribution in [-0.2, 0) is 33.3 Å². The van der Waals surface area contributed by atoms with Gasteiger partial charge in [0.25, 0.3) is 0 Å². The number of rotatable bonds is 21. The van der Waals surface area contributed by atoms with Crippen LogP contribution in [0.3, 0.4) is 0 Å². The number of nitrogens with two attached hydrogens (primary N) is 1. The van der Waals surface area contributed by atoms with E-state index in [1.54, 1.807) is 36.4 Å². The molecule has 19 aromatic rings. The number of carbonyl (C=O) groups excluding carboxylic acids is 3. The molecular formula is C121H112Br3F6NO5P4PdS4Sn3. The third-order valence-electron chi connectivity index (χ3n) is 19.9. The van der Waals surface area contributed by atoms with Crippen LogP contribution in [0.5, 0.6) is 0 Å². The molecule has 0 unspecified atom stereocenters. The Balaban J connectivity index is 0.000000203. The van der Waals surface area contributed by atoms with Gasteiger partial charge in [-0.15, -0.1) is 34.0 Å². The molecule has 0 saturated heterocycles. The molecule has 15 aromatic carbocycles. The summed E-state index contributed by atoms with van der Waals surface area (Å²) < 4.78 is 82.1. The number of hydrogen-bond acceptors (Lipinski definition) is 9. The first-order valence-corrected chi connectivity index (χ1v) is 84.5. The average Bonchev–Trinajstić information content (AvgIpc) is 1.14. The van der Waals surface area contributed by atoms with E-state index in [2.05, 4.69) is 456 Å². The predicted molar refractivity (Wildman–Crippen MR) is 643 cm³/mol.